The Kier molecular flexibility index (Phi) is 4.62. The molecule has 1 unspecified atom stereocenters. The maximum absolute atomic E-state index is 12.0. The van der Waals surface area contributed by atoms with Crippen molar-refractivity contribution in [2.45, 2.75) is 19.0 Å². The van der Waals surface area contributed by atoms with Gasteiger partial charge in [0.15, 0.2) is 0 Å². The summed E-state index contributed by atoms with van der Waals surface area (Å²) in [7, 11) is 0.0779. The number of carbonyl (C=O) groups is 1. The zero-order valence-corrected chi connectivity index (χ0v) is 13.0. The fraction of sp³-hybridized carbons (Fsp3) is 0.188. The van der Waals surface area contributed by atoms with Crippen molar-refractivity contribution < 1.29 is 4.79 Å². The summed E-state index contributed by atoms with van der Waals surface area (Å²) >= 11 is 0. The molecule has 2 aromatic carbocycles. The van der Waals surface area contributed by atoms with Crippen LogP contribution in [0.2, 0.25) is 0 Å². The van der Waals surface area contributed by atoms with Gasteiger partial charge in [-0.25, -0.2) is 0 Å². The monoisotopic (exact) mass is 285 g/mol. The molecule has 1 amide bonds. The van der Waals surface area contributed by atoms with Gasteiger partial charge in [-0.1, -0.05) is 0 Å². The molecule has 0 heterocycles. The van der Waals surface area contributed by atoms with Crippen LogP contribution in [0.3, 0.4) is 0 Å². The summed E-state index contributed by atoms with van der Waals surface area (Å²) in [6, 6.07) is 20.7. The van der Waals surface area contributed by atoms with Crippen LogP contribution in [-0.2, 0) is 4.79 Å². The molecule has 0 aliphatic rings. The van der Waals surface area contributed by atoms with E-state index >= 15 is 0 Å². The molecule has 2 aromatic rings. The van der Waals surface area contributed by atoms with Crippen molar-refractivity contribution in [3.8, 4) is 0 Å². The normalized spacial score (nSPS) is 13.7. The average molecular weight is 285 g/mol. The van der Waals surface area contributed by atoms with E-state index in [-0.39, 0.29) is 11.6 Å². The number of nitrogens with two attached hydrogens (primary N) is 1. The van der Waals surface area contributed by atoms with E-state index in [1.165, 1.54) is 10.6 Å². The summed E-state index contributed by atoms with van der Waals surface area (Å²) in [6.07, 6.45) is 0.780. The molecular weight excluding hydrogens is 264 g/mol. The van der Waals surface area contributed by atoms with Gasteiger partial charge in [0.1, 0.15) is 0 Å². The van der Waals surface area contributed by atoms with E-state index < -0.39 is 7.14 Å². The van der Waals surface area contributed by atoms with Crippen molar-refractivity contribution in [1.29, 1.82) is 0 Å². The van der Waals surface area contributed by atoms with Crippen molar-refractivity contribution in [3.63, 3.8) is 0 Å². The Hall–Kier alpha value is -1.60. The third kappa shape index (κ3) is 2.64. The third-order valence-electron chi connectivity index (χ3n) is 4.20. The summed E-state index contributed by atoms with van der Waals surface area (Å²) in [5.41, 5.74) is 5.61. The van der Waals surface area contributed by atoms with E-state index in [0.717, 1.165) is 6.42 Å². The average Bonchev–Trinajstić information content (AvgIpc) is 2.49. The molecule has 0 aromatic heterocycles. The van der Waals surface area contributed by atoms with Crippen LogP contribution in [0.15, 0.2) is 60.7 Å². The van der Waals surface area contributed by atoms with Crippen LogP contribution < -0.4 is 16.3 Å². The van der Waals surface area contributed by atoms with Crippen LogP contribution >= 0.6 is 7.14 Å². The van der Waals surface area contributed by atoms with Crippen molar-refractivity contribution >= 4 is 31.2 Å². The Labute approximate surface area is 122 Å². The number of hydrogen-bond donors (Lipinski definition) is 1. The SMILES string of the molecule is B[PH](c1ccccc1)(c1ccccc1)C(CC)C(N)=O. The molecule has 4 heteroatoms. The Morgan fingerprint density at radius 1 is 1.05 bits per heavy atom. The Morgan fingerprint density at radius 3 is 1.75 bits per heavy atom. The zero-order chi connectivity index (χ0) is 14.6. The number of carbonyl (C=O) groups excluding carboxylic acids is 1. The van der Waals surface area contributed by atoms with Crippen LogP contribution in [-0.4, -0.2) is 19.1 Å². The molecular formula is C16H21BNOP. The van der Waals surface area contributed by atoms with Crippen LogP contribution in [0, 0.1) is 0 Å². The van der Waals surface area contributed by atoms with Crippen molar-refractivity contribution in [2.75, 3.05) is 0 Å². The molecule has 1 atom stereocenters. The number of benzene rings is 2. The number of rotatable bonds is 5. The number of primary amides is 1. The second-order valence-corrected chi connectivity index (χ2v) is 9.55. The minimum atomic E-state index is -2.17. The topological polar surface area (TPSA) is 43.1 Å². The first-order valence-electron chi connectivity index (χ1n) is 7.01. The van der Waals surface area contributed by atoms with E-state index in [0.29, 0.717) is 0 Å². The molecule has 2 N–H and O–H groups in total. The van der Waals surface area contributed by atoms with Gasteiger partial charge in [0.05, 0.1) is 0 Å². The Balaban J connectivity index is 2.63. The van der Waals surface area contributed by atoms with Gasteiger partial charge in [-0.05, 0) is 0 Å². The fourth-order valence-electron chi connectivity index (χ4n) is 3.03. The molecule has 20 heavy (non-hydrogen) atoms. The van der Waals surface area contributed by atoms with E-state index in [9.17, 15) is 4.79 Å². The zero-order valence-electron chi connectivity index (χ0n) is 12.0. The first-order chi connectivity index (χ1) is 9.60. The van der Waals surface area contributed by atoms with E-state index in [1.54, 1.807) is 0 Å². The Morgan fingerprint density at radius 2 is 1.45 bits per heavy atom. The van der Waals surface area contributed by atoms with Gasteiger partial charge in [0, 0.05) is 0 Å². The molecule has 0 spiro atoms. The summed E-state index contributed by atoms with van der Waals surface area (Å²) < 4.78 is 0. The molecule has 0 radical (unpaired) electrons. The molecule has 2 nitrogen and oxygen atoms in total. The summed E-state index contributed by atoms with van der Waals surface area (Å²) in [6.45, 7) is 2.05. The van der Waals surface area contributed by atoms with Gasteiger partial charge in [0.25, 0.3) is 0 Å². The van der Waals surface area contributed by atoms with Gasteiger partial charge >= 0.3 is 121 Å². The minimum absolute atomic E-state index is 0.0905. The van der Waals surface area contributed by atoms with Gasteiger partial charge in [-0.15, -0.1) is 0 Å². The number of amides is 1. The second-order valence-electron chi connectivity index (χ2n) is 5.30. The van der Waals surface area contributed by atoms with Gasteiger partial charge < -0.3 is 0 Å². The Bertz CT molecular complexity index is 534. The van der Waals surface area contributed by atoms with Crippen LogP contribution in [0.5, 0.6) is 0 Å². The predicted octanol–water partition coefficient (Wildman–Crippen LogP) is 1.20. The van der Waals surface area contributed by atoms with E-state index in [2.05, 4.69) is 31.8 Å². The molecule has 0 saturated heterocycles. The van der Waals surface area contributed by atoms with E-state index in [1.807, 2.05) is 43.3 Å². The predicted molar refractivity (Wildman–Crippen MR) is 92.3 cm³/mol. The molecule has 0 bridgehead atoms. The summed E-state index contributed by atoms with van der Waals surface area (Å²) in [4.78, 5) is 12.0. The quantitative estimate of drug-likeness (QED) is 0.651. The fourth-order valence-corrected chi connectivity index (χ4v) is 7.33. The van der Waals surface area contributed by atoms with Gasteiger partial charge in [-0.3, -0.25) is 0 Å². The molecule has 0 fully saturated rings. The molecule has 0 saturated carbocycles. The standard InChI is InChI=1S/C16H21BNOP/c1-2-15(16(18)19)20(17,13-9-5-3-6-10-13)14-11-7-4-8-12-14/h3-12,15,20H,2,17H2,1H3,(H2,18,19). The third-order valence-corrected chi connectivity index (χ3v) is 9.35. The second kappa shape index (κ2) is 6.24. The molecule has 0 aliphatic carbocycles. The van der Waals surface area contributed by atoms with Crippen molar-refractivity contribution in [1.82, 2.24) is 0 Å². The summed E-state index contributed by atoms with van der Waals surface area (Å²) in [5.74, 6) is -0.186. The van der Waals surface area contributed by atoms with Crippen LogP contribution in [0.1, 0.15) is 13.3 Å². The van der Waals surface area contributed by atoms with Gasteiger partial charge in [-0.2, -0.15) is 0 Å². The summed E-state index contributed by atoms with van der Waals surface area (Å²) in [5, 5.41) is 2.52. The molecule has 2 rings (SSSR count). The van der Waals surface area contributed by atoms with E-state index in [4.69, 9.17) is 5.73 Å². The molecule has 104 valence electrons. The molecule has 0 aliphatic heterocycles. The van der Waals surface area contributed by atoms with Crippen molar-refractivity contribution in [3.05, 3.63) is 60.7 Å². The van der Waals surface area contributed by atoms with Crippen LogP contribution in [0.25, 0.3) is 0 Å². The van der Waals surface area contributed by atoms with Gasteiger partial charge in [0.2, 0.25) is 0 Å². The first-order valence-corrected chi connectivity index (χ1v) is 9.58. The number of hydrogen-bond acceptors (Lipinski definition) is 1. The van der Waals surface area contributed by atoms with Crippen molar-refractivity contribution in [2.24, 2.45) is 5.73 Å². The first kappa shape index (κ1) is 14.8. The van der Waals surface area contributed by atoms with Crippen LogP contribution in [0.4, 0.5) is 0 Å². The maximum atomic E-state index is 12.0.